The van der Waals surface area contributed by atoms with Crippen molar-refractivity contribution in [3.63, 3.8) is 0 Å². The van der Waals surface area contributed by atoms with Gasteiger partial charge in [0.05, 0.1) is 17.2 Å². The van der Waals surface area contributed by atoms with Gasteiger partial charge in [0.25, 0.3) is 5.56 Å². The number of hydrogen-bond acceptors (Lipinski definition) is 4. The lowest BCUT2D eigenvalue weighted by Gasteiger charge is -2.14. The Balaban J connectivity index is 2.44. The number of H-pyrrole nitrogens is 1. The van der Waals surface area contributed by atoms with Gasteiger partial charge in [0, 0.05) is 6.54 Å². The van der Waals surface area contributed by atoms with Gasteiger partial charge >= 0.3 is 11.9 Å². The average molecular weight is 353 g/mol. The van der Waals surface area contributed by atoms with E-state index in [0.717, 1.165) is 17.1 Å². The minimum Gasteiger partial charge on any atom is -0.463 e. The molecule has 0 saturated heterocycles. The minimum atomic E-state index is -4.79. The number of halogens is 3. The smallest absolute Gasteiger partial charge is 0.417 e. The van der Waals surface area contributed by atoms with E-state index in [9.17, 15) is 22.8 Å². The van der Waals surface area contributed by atoms with Crippen LogP contribution in [0.2, 0.25) is 0 Å². The zero-order valence-electron chi connectivity index (χ0n) is 13.2. The third kappa shape index (κ3) is 3.09. The van der Waals surface area contributed by atoms with Gasteiger partial charge in [0.15, 0.2) is 11.4 Å². The predicted octanol–water partition coefficient (Wildman–Crippen LogP) is 3.16. The zero-order valence-corrected chi connectivity index (χ0v) is 13.2. The van der Waals surface area contributed by atoms with Gasteiger partial charge in [-0.25, -0.2) is 9.78 Å². The fourth-order valence-electron chi connectivity index (χ4n) is 2.57. The highest BCUT2D eigenvalue weighted by Gasteiger charge is 2.36. The second-order valence-corrected chi connectivity index (χ2v) is 5.49. The molecule has 0 amide bonds. The topological polar surface area (TPSA) is 80.9 Å². The molecule has 6 nitrogen and oxygen atoms in total. The molecule has 3 heterocycles. The number of alkyl halides is 3. The summed E-state index contributed by atoms with van der Waals surface area (Å²) < 4.78 is 46.7. The van der Waals surface area contributed by atoms with Crippen molar-refractivity contribution in [2.75, 3.05) is 0 Å². The zero-order chi connectivity index (χ0) is 18.2. The SMILES string of the molecule is CCCCn1c(=O)[nH]c(=O)c2c(C(F)(F)F)cc(-c3ccco3)nc21. The normalized spacial score (nSPS) is 12.0. The molecule has 3 aromatic rings. The maximum absolute atomic E-state index is 13.5. The standard InChI is InChI=1S/C16H14F3N3O3/c1-2-3-6-22-13-12(14(23)21-15(22)24)9(16(17,18)19)8-10(20-13)11-5-4-7-25-11/h4-5,7-8H,2-3,6H2,1H3,(H,21,23,24). The van der Waals surface area contributed by atoms with E-state index in [1.54, 1.807) is 0 Å². The molecule has 0 fully saturated rings. The van der Waals surface area contributed by atoms with E-state index in [1.807, 2.05) is 11.9 Å². The number of aryl methyl sites for hydroxylation is 1. The Bertz CT molecular complexity index is 1020. The number of pyridine rings is 1. The Morgan fingerprint density at radius 1 is 1.32 bits per heavy atom. The lowest BCUT2D eigenvalue weighted by Crippen LogP contribution is -2.32. The second kappa shape index (κ2) is 6.23. The van der Waals surface area contributed by atoms with Gasteiger partial charge in [-0.05, 0) is 24.6 Å². The molecule has 0 saturated carbocycles. The number of aromatic nitrogens is 3. The molecule has 0 unspecified atom stereocenters. The van der Waals surface area contributed by atoms with E-state index < -0.39 is 28.4 Å². The fraction of sp³-hybridized carbons (Fsp3) is 0.312. The first-order valence-corrected chi connectivity index (χ1v) is 7.62. The first-order valence-electron chi connectivity index (χ1n) is 7.62. The summed E-state index contributed by atoms with van der Waals surface area (Å²) in [6.07, 6.45) is -2.22. The van der Waals surface area contributed by atoms with Gasteiger partial charge in [-0.15, -0.1) is 0 Å². The molecule has 3 rings (SSSR count). The largest absolute Gasteiger partial charge is 0.463 e. The van der Waals surface area contributed by atoms with Gasteiger partial charge in [-0.1, -0.05) is 13.3 Å². The van der Waals surface area contributed by atoms with E-state index in [4.69, 9.17) is 4.42 Å². The number of hydrogen-bond donors (Lipinski definition) is 1. The van der Waals surface area contributed by atoms with Crippen molar-refractivity contribution in [3.05, 3.63) is 50.9 Å². The summed E-state index contributed by atoms with van der Waals surface area (Å²) in [7, 11) is 0. The van der Waals surface area contributed by atoms with Crippen molar-refractivity contribution in [1.29, 1.82) is 0 Å². The van der Waals surface area contributed by atoms with Crippen molar-refractivity contribution < 1.29 is 17.6 Å². The second-order valence-electron chi connectivity index (χ2n) is 5.49. The van der Waals surface area contributed by atoms with Crippen LogP contribution in [0.15, 0.2) is 38.5 Å². The number of unbranched alkanes of at least 4 members (excludes halogenated alkanes) is 1. The van der Waals surface area contributed by atoms with Crippen LogP contribution in [-0.4, -0.2) is 14.5 Å². The third-order valence-corrected chi connectivity index (χ3v) is 3.76. The summed E-state index contributed by atoms with van der Waals surface area (Å²) in [5.41, 5.74) is -3.46. The van der Waals surface area contributed by atoms with Gasteiger partial charge in [-0.3, -0.25) is 14.3 Å². The van der Waals surface area contributed by atoms with Crippen LogP contribution in [0.1, 0.15) is 25.3 Å². The molecule has 0 atom stereocenters. The molecular formula is C16H14F3N3O3. The van der Waals surface area contributed by atoms with E-state index in [-0.39, 0.29) is 23.6 Å². The Hall–Kier alpha value is -2.84. The van der Waals surface area contributed by atoms with Crippen LogP contribution in [-0.2, 0) is 12.7 Å². The van der Waals surface area contributed by atoms with Gasteiger partial charge in [-0.2, -0.15) is 13.2 Å². The quantitative estimate of drug-likeness (QED) is 0.781. The molecule has 0 bridgehead atoms. The Kier molecular flexibility index (Phi) is 4.23. The van der Waals surface area contributed by atoms with Crippen LogP contribution >= 0.6 is 0 Å². The maximum Gasteiger partial charge on any atom is 0.417 e. The lowest BCUT2D eigenvalue weighted by atomic mass is 10.1. The Morgan fingerprint density at radius 3 is 2.68 bits per heavy atom. The molecule has 9 heteroatoms. The van der Waals surface area contributed by atoms with Crippen LogP contribution < -0.4 is 11.2 Å². The molecule has 0 aliphatic carbocycles. The maximum atomic E-state index is 13.5. The summed E-state index contributed by atoms with van der Waals surface area (Å²) in [6, 6.07) is 3.72. The minimum absolute atomic E-state index is 0.0972. The summed E-state index contributed by atoms with van der Waals surface area (Å²) >= 11 is 0. The summed E-state index contributed by atoms with van der Waals surface area (Å²) in [5, 5.41) is -0.654. The Labute approximate surface area is 138 Å². The molecule has 0 spiro atoms. The summed E-state index contributed by atoms with van der Waals surface area (Å²) in [4.78, 5) is 30.2. The van der Waals surface area contributed by atoms with E-state index in [0.29, 0.717) is 6.42 Å². The lowest BCUT2D eigenvalue weighted by molar-refractivity contribution is -0.136. The van der Waals surface area contributed by atoms with Crippen molar-refractivity contribution >= 4 is 11.0 Å². The van der Waals surface area contributed by atoms with Crippen molar-refractivity contribution in [3.8, 4) is 11.5 Å². The molecule has 0 aliphatic rings. The average Bonchev–Trinajstić information content (AvgIpc) is 3.07. The molecule has 0 aromatic carbocycles. The summed E-state index contributed by atoms with van der Waals surface area (Å²) in [6.45, 7) is 2.02. The van der Waals surface area contributed by atoms with Crippen LogP contribution in [0, 0.1) is 0 Å². The first-order chi connectivity index (χ1) is 11.8. The van der Waals surface area contributed by atoms with E-state index >= 15 is 0 Å². The van der Waals surface area contributed by atoms with Crippen LogP contribution in [0.3, 0.4) is 0 Å². The highest BCUT2D eigenvalue weighted by molar-refractivity contribution is 5.81. The van der Waals surface area contributed by atoms with E-state index in [1.165, 1.54) is 18.4 Å². The van der Waals surface area contributed by atoms with Crippen LogP contribution in [0.5, 0.6) is 0 Å². The first kappa shape index (κ1) is 17.0. The van der Waals surface area contributed by atoms with Crippen molar-refractivity contribution in [2.24, 2.45) is 0 Å². The number of furan rings is 1. The molecule has 0 radical (unpaired) electrons. The number of nitrogens with one attached hydrogen (secondary N) is 1. The van der Waals surface area contributed by atoms with Crippen LogP contribution in [0.4, 0.5) is 13.2 Å². The molecular weight excluding hydrogens is 339 g/mol. The van der Waals surface area contributed by atoms with Crippen LogP contribution in [0.25, 0.3) is 22.5 Å². The van der Waals surface area contributed by atoms with Gasteiger partial charge in [0.1, 0.15) is 5.69 Å². The van der Waals surface area contributed by atoms with Gasteiger partial charge in [0.2, 0.25) is 0 Å². The predicted molar refractivity (Wildman–Crippen MR) is 84.2 cm³/mol. The monoisotopic (exact) mass is 353 g/mol. The number of aromatic amines is 1. The number of fused-ring (bicyclic) bond motifs is 1. The molecule has 132 valence electrons. The number of nitrogens with zero attached hydrogens (tertiary/aromatic N) is 2. The molecule has 0 aliphatic heterocycles. The van der Waals surface area contributed by atoms with E-state index in [2.05, 4.69) is 4.98 Å². The highest BCUT2D eigenvalue weighted by atomic mass is 19.4. The van der Waals surface area contributed by atoms with Crippen molar-refractivity contribution in [1.82, 2.24) is 14.5 Å². The van der Waals surface area contributed by atoms with Gasteiger partial charge < -0.3 is 4.42 Å². The van der Waals surface area contributed by atoms with Crippen molar-refractivity contribution in [2.45, 2.75) is 32.5 Å². The highest BCUT2D eigenvalue weighted by Crippen LogP contribution is 2.35. The molecule has 1 N–H and O–H groups in total. The molecule has 3 aromatic heterocycles. The number of rotatable bonds is 4. The summed E-state index contributed by atoms with van der Waals surface area (Å²) in [5.74, 6) is 0.113. The molecule has 25 heavy (non-hydrogen) atoms. The fourth-order valence-corrected chi connectivity index (χ4v) is 2.57. The Morgan fingerprint density at radius 2 is 2.08 bits per heavy atom. The third-order valence-electron chi connectivity index (χ3n) is 3.76.